The lowest BCUT2D eigenvalue weighted by molar-refractivity contribution is -0.636. The number of carbonyl (C=O) groups excluding carboxylic acids is 1. The van der Waals surface area contributed by atoms with E-state index in [1.54, 1.807) is 0 Å². The van der Waals surface area contributed by atoms with Crippen molar-refractivity contribution in [2.24, 2.45) is 0 Å². The molecule has 18 heavy (non-hydrogen) atoms. The molecule has 0 bridgehead atoms. The van der Waals surface area contributed by atoms with Gasteiger partial charge in [0.15, 0.2) is 0 Å². The lowest BCUT2D eigenvalue weighted by Crippen LogP contribution is -2.16. The van der Waals surface area contributed by atoms with Crippen LogP contribution < -0.4 is 5.48 Å². The smallest absolute Gasteiger partial charge is 0.293 e. The highest BCUT2D eigenvalue weighted by Crippen LogP contribution is 2.11. The van der Waals surface area contributed by atoms with Crippen LogP contribution in [0.4, 0.5) is 0 Å². The zero-order chi connectivity index (χ0) is 13.5. The Morgan fingerprint density at radius 2 is 1.94 bits per heavy atom. The minimum absolute atomic E-state index is 0.0631. The van der Waals surface area contributed by atoms with Gasteiger partial charge in [0, 0.05) is 6.54 Å². The zero-order valence-corrected chi connectivity index (χ0v) is 10.8. The summed E-state index contributed by atoms with van der Waals surface area (Å²) in [6, 6.07) is 0. The predicted octanol–water partition coefficient (Wildman–Crippen LogP) is 2.14. The third-order valence-corrected chi connectivity index (χ3v) is 2.63. The molecule has 2 N–H and O–H groups in total. The highest BCUT2D eigenvalue weighted by Gasteiger charge is 2.05. The van der Waals surface area contributed by atoms with Crippen LogP contribution >= 0.6 is 0 Å². The van der Waals surface area contributed by atoms with Crippen LogP contribution in [0.25, 0.3) is 0 Å². The molecule has 0 fully saturated rings. The molecule has 7 heteroatoms. The van der Waals surface area contributed by atoms with E-state index in [1.165, 1.54) is 0 Å². The van der Waals surface area contributed by atoms with Gasteiger partial charge >= 0.3 is 0 Å². The fourth-order valence-corrected chi connectivity index (χ4v) is 1.63. The number of hydrogen-bond donors (Lipinski definition) is 2. The van der Waals surface area contributed by atoms with Crippen LogP contribution in [0.3, 0.4) is 0 Å². The van der Waals surface area contributed by atoms with Gasteiger partial charge in [0.1, 0.15) is 6.10 Å². The van der Waals surface area contributed by atoms with E-state index >= 15 is 0 Å². The fraction of sp³-hybridized carbons (Fsp3) is 0.909. The third-order valence-electron chi connectivity index (χ3n) is 2.63. The van der Waals surface area contributed by atoms with Crippen LogP contribution in [0.5, 0.6) is 0 Å². The lowest BCUT2D eigenvalue weighted by Gasteiger charge is -2.12. The number of ether oxygens (including phenoxy) is 1. The summed E-state index contributed by atoms with van der Waals surface area (Å²) in [5, 5.41) is 14.7. The van der Waals surface area contributed by atoms with E-state index in [9.17, 15) is 4.79 Å². The van der Waals surface area contributed by atoms with Gasteiger partial charge in [-0.2, -0.15) is 5.48 Å². The van der Waals surface area contributed by atoms with E-state index in [2.05, 4.69) is 20.5 Å². The second kappa shape index (κ2) is 14.3. The Balaban J connectivity index is 3.12. The molecule has 0 aromatic heterocycles. The first-order valence-corrected chi connectivity index (χ1v) is 6.30. The molecule has 7 nitrogen and oxygen atoms in total. The van der Waals surface area contributed by atoms with Gasteiger partial charge in [0.25, 0.3) is 6.47 Å². The topological polar surface area (TPSA) is 86.2 Å². The van der Waals surface area contributed by atoms with Crippen LogP contribution in [0.15, 0.2) is 0 Å². The molecule has 0 aliphatic heterocycles. The maximum Gasteiger partial charge on any atom is 0.293 e. The maximum absolute atomic E-state index is 10.2. The van der Waals surface area contributed by atoms with Crippen LogP contribution in [-0.2, 0) is 24.6 Å². The molecule has 0 aromatic carbocycles. The number of nitrogens with one attached hydrogen (secondary N) is 1. The summed E-state index contributed by atoms with van der Waals surface area (Å²) >= 11 is 0. The summed E-state index contributed by atoms with van der Waals surface area (Å²) in [5.41, 5.74) is 2.46. The van der Waals surface area contributed by atoms with Crippen LogP contribution in [0, 0.1) is 0 Å². The van der Waals surface area contributed by atoms with Crippen molar-refractivity contribution < 1.29 is 29.9 Å². The summed E-state index contributed by atoms with van der Waals surface area (Å²) in [4.78, 5) is 14.4. The number of rotatable bonds is 14. The molecule has 0 saturated heterocycles. The minimum atomic E-state index is 0.0631. The first-order chi connectivity index (χ1) is 8.85. The standard InChI is InChI=1S/C11H23NO6/c1-2-11(15-10-13)8-6-4-3-5-7-9-12-16-18-17-14/h10-12,14H,2-9H2,1H3. The first kappa shape index (κ1) is 17.3. The predicted molar refractivity (Wildman–Crippen MR) is 62.8 cm³/mol. The second-order valence-electron chi connectivity index (χ2n) is 3.94. The summed E-state index contributed by atoms with van der Waals surface area (Å²) in [6.07, 6.45) is 7.18. The highest BCUT2D eigenvalue weighted by molar-refractivity contribution is 5.37. The molecule has 1 atom stereocenters. The number of hydroxylamine groups is 1. The molecule has 1 unspecified atom stereocenters. The van der Waals surface area contributed by atoms with Gasteiger partial charge < -0.3 is 4.74 Å². The molecule has 0 rings (SSSR count). The average molecular weight is 265 g/mol. The molecule has 0 spiro atoms. The first-order valence-electron chi connectivity index (χ1n) is 6.30. The third kappa shape index (κ3) is 11.7. The fourth-order valence-electron chi connectivity index (χ4n) is 1.63. The van der Waals surface area contributed by atoms with Crippen LogP contribution in [0.2, 0.25) is 0 Å². The Morgan fingerprint density at radius 3 is 2.61 bits per heavy atom. The Kier molecular flexibility index (Phi) is 13.8. The van der Waals surface area contributed by atoms with Gasteiger partial charge in [-0.05, 0) is 35.8 Å². The number of unbranched alkanes of at least 4 members (excludes halogenated alkanes) is 4. The van der Waals surface area contributed by atoms with Crippen LogP contribution in [-0.4, -0.2) is 24.4 Å². The van der Waals surface area contributed by atoms with E-state index in [0.717, 1.165) is 44.9 Å². The van der Waals surface area contributed by atoms with Gasteiger partial charge in [-0.25, -0.2) is 5.26 Å². The van der Waals surface area contributed by atoms with E-state index in [0.29, 0.717) is 13.0 Å². The van der Waals surface area contributed by atoms with Gasteiger partial charge in [-0.1, -0.05) is 26.2 Å². The molecule has 108 valence electrons. The molecule has 0 radical (unpaired) electrons. The van der Waals surface area contributed by atoms with Crippen molar-refractivity contribution in [2.75, 3.05) is 6.54 Å². The van der Waals surface area contributed by atoms with Crippen molar-refractivity contribution in [1.82, 2.24) is 5.48 Å². The van der Waals surface area contributed by atoms with E-state index in [1.807, 2.05) is 6.92 Å². The molecular formula is C11H23NO6. The molecule has 0 aliphatic carbocycles. The van der Waals surface area contributed by atoms with Gasteiger partial charge in [-0.3, -0.25) is 4.79 Å². The lowest BCUT2D eigenvalue weighted by atomic mass is 10.1. The van der Waals surface area contributed by atoms with E-state index in [-0.39, 0.29) is 6.10 Å². The number of carbonyl (C=O) groups is 1. The van der Waals surface area contributed by atoms with Crippen molar-refractivity contribution in [3.63, 3.8) is 0 Å². The second-order valence-corrected chi connectivity index (χ2v) is 3.94. The molecule has 0 heterocycles. The van der Waals surface area contributed by atoms with Gasteiger partial charge in [0.2, 0.25) is 0 Å². The highest BCUT2D eigenvalue weighted by atomic mass is 17.7. The summed E-state index contributed by atoms with van der Waals surface area (Å²) < 4.78 is 4.92. The van der Waals surface area contributed by atoms with Crippen molar-refractivity contribution in [2.45, 2.75) is 58.0 Å². The Bertz CT molecular complexity index is 181. The maximum atomic E-state index is 10.2. The minimum Gasteiger partial charge on any atom is -0.465 e. The van der Waals surface area contributed by atoms with Gasteiger partial charge in [-0.15, -0.1) is 4.99 Å². The Hall–Kier alpha value is -0.730. The van der Waals surface area contributed by atoms with Crippen molar-refractivity contribution in [3.05, 3.63) is 0 Å². The van der Waals surface area contributed by atoms with Crippen molar-refractivity contribution >= 4 is 6.47 Å². The summed E-state index contributed by atoms with van der Waals surface area (Å²) in [6.45, 7) is 3.16. The zero-order valence-electron chi connectivity index (χ0n) is 10.8. The van der Waals surface area contributed by atoms with Gasteiger partial charge in [0.05, 0.1) is 0 Å². The SMILES string of the molecule is CCC(CCCCCCCNOOOO)OC=O. The monoisotopic (exact) mass is 265 g/mol. The van der Waals surface area contributed by atoms with Crippen molar-refractivity contribution in [1.29, 1.82) is 0 Å². The van der Waals surface area contributed by atoms with Crippen LogP contribution in [0.1, 0.15) is 51.9 Å². The summed E-state index contributed by atoms with van der Waals surface area (Å²) in [5.74, 6) is 0. The normalized spacial score (nSPS) is 12.3. The quantitative estimate of drug-likeness (QED) is 0.215. The molecule has 0 aliphatic rings. The average Bonchev–Trinajstić information content (AvgIpc) is 2.39. The van der Waals surface area contributed by atoms with E-state index in [4.69, 9.17) is 9.99 Å². The molecule has 0 saturated carbocycles. The largest absolute Gasteiger partial charge is 0.465 e. The Morgan fingerprint density at radius 1 is 1.22 bits per heavy atom. The Labute approximate surface area is 107 Å². The van der Waals surface area contributed by atoms with E-state index < -0.39 is 0 Å². The number of hydrogen-bond acceptors (Lipinski definition) is 7. The molecule has 0 amide bonds. The molecular weight excluding hydrogens is 242 g/mol. The van der Waals surface area contributed by atoms with Crippen molar-refractivity contribution in [3.8, 4) is 0 Å². The molecule has 0 aromatic rings. The summed E-state index contributed by atoms with van der Waals surface area (Å²) in [7, 11) is 0.